The summed E-state index contributed by atoms with van der Waals surface area (Å²) in [5.41, 5.74) is 1.32. The van der Waals surface area contributed by atoms with Crippen molar-refractivity contribution in [1.82, 2.24) is 0 Å². The number of allylic oxidation sites excluding steroid dienone is 2. The molecule has 0 N–H and O–H groups in total. The van der Waals surface area contributed by atoms with Gasteiger partial charge in [0.05, 0.1) is 0 Å². The van der Waals surface area contributed by atoms with E-state index in [4.69, 9.17) is 18.9 Å². The highest BCUT2D eigenvalue weighted by molar-refractivity contribution is 6.10. The lowest BCUT2D eigenvalue weighted by Gasteiger charge is -2.43. The van der Waals surface area contributed by atoms with Gasteiger partial charge in [0, 0.05) is 24.5 Å². The van der Waals surface area contributed by atoms with Crippen molar-refractivity contribution < 1.29 is 28.5 Å². The molecule has 6 heteroatoms. The maximum atomic E-state index is 13.1. The average molecular weight is 356 g/mol. The van der Waals surface area contributed by atoms with E-state index >= 15 is 0 Å². The first kappa shape index (κ1) is 16.8. The number of methoxy groups -OCH3 is 1. The quantitative estimate of drug-likeness (QED) is 0.469. The summed E-state index contributed by atoms with van der Waals surface area (Å²) >= 11 is 0. The topological polar surface area (TPSA) is 71.1 Å². The highest BCUT2D eigenvalue weighted by Crippen LogP contribution is 2.51. The molecule has 6 nitrogen and oxygen atoms in total. The van der Waals surface area contributed by atoms with Crippen LogP contribution in [0.1, 0.15) is 24.8 Å². The molecule has 0 aromatic heterocycles. The number of ketones is 1. The fraction of sp³-hybridized carbons (Fsp3) is 0.400. The maximum absolute atomic E-state index is 13.1. The van der Waals surface area contributed by atoms with Crippen LogP contribution in [0.4, 0.5) is 0 Å². The number of hydrogen-bond donors (Lipinski definition) is 0. The number of hydrogen-bond acceptors (Lipinski definition) is 6. The summed E-state index contributed by atoms with van der Waals surface area (Å²) in [7, 11) is 1.48. The zero-order valence-corrected chi connectivity index (χ0v) is 14.7. The second kappa shape index (κ2) is 5.99. The molecule has 1 fully saturated rings. The molecule has 0 spiro atoms. The number of Topliss-reactive ketones (excluding diaryl/α,β-unsaturated/α-hetero) is 1. The van der Waals surface area contributed by atoms with Crippen LogP contribution < -0.4 is 9.47 Å². The van der Waals surface area contributed by atoms with Crippen molar-refractivity contribution in [2.24, 2.45) is 11.8 Å². The van der Waals surface area contributed by atoms with Crippen molar-refractivity contribution in [1.29, 1.82) is 0 Å². The van der Waals surface area contributed by atoms with E-state index in [9.17, 15) is 9.59 Å². The highest BCUT2D eigenvalue weighted by atomic mass is 16.7. The van der Waals surface area contributed by atoms with Crippen molar-refractivity contribution in [3.05, 3.63) is 48.1 Å². The van der Waals surface area contributed by atoms with Gasteiger partial charge in [-0.1, -0.05) is 19.1 Å². The molecule has 136 valence electrons. The van der Waals surface area contributed by atoms with Crippen molar-refractivity contribution in [2.45, 2.75) is 25.0 Å². The number of carbonyl (C=O) groups excluding carboxylic acids is 2. The summed E-state index contributed by atoms with van der Waals surface area (Å²) < 4.78 is 22.1. The molecule has 3 aliphatic heterocycles. The predicted molar refractivity (Wildman–Crippen MR) is 91.7 cm³/mol. The number of rotatable bonds is 4. The molecule has 4 aliphatic rings. The molecule has 3 heterocycles. The van der Waals surface area contributed by atoms with Gasteiger partial charge in [0.15, 0.2) is 17.3 Å². The largest absolute Gasteiger partial charge is 0.454 e. The molecule has 0 amide bonds. The summed E-state index contributed by atoms with van der Waals surface area (Å²) in [4.78, 5) is 25.8. The Balaban J connectivity index is 1.85. The fourth-order valence-corrected chi connectivity index (χ4v) is 4.15. The van der Waals surface area contributed by atoms with E-state index in [2.05, 4.69) is 6.58 Å². The smallest absolute Gasteiger partial charge is 0.320 e. The van der Waals surface area contributed by atoms with Gasteiger partial charge in [-0.25, -0.2) is 0 Å². The zero-order valence-electron chi connectivity index (χ0n) is 14.7. The molecule has 0 saturated carbocycles. The van der Waals surface area contributed by atoms with Crippen LogP contribution in [-0.4, -0.2) is 31.4 Å². The van der Waals surface area contributed by atoms with E-state index < -0.39 is 23.6 Å². The van der Waals surface area contributed by atoms with Crippen LogP contribution in [0.15, 0.2) is 42.5 Å². The van der Waals surface area contributed by atoms with Crippen molar-refractivity contribution >= 4 is 11.8 Å². The van der Waals surface area contributed by atoms with E-state index in [-0.39, 0.29) is 18.5 Å². The molecule has 1 aromatic rings. The Hall–Kier alpha value is -2.60. The highest BCUT2D eigenvalue weighted by Gasteiger charge is 2.58. The molecular weight excluding hydrogens is 336 g/mol. The molecule has 5 rings (SSSR count). The van der Waals surface area contributed by atoms with Gasteiger partial charge in [-0.15, -0.1) is 6.58 Å². The van der Waals surface area contributed by atoms with E-state index in [1.165, 1.54) is 7.11 Å². The fourth-order valence-electron chi connectivity index (χ4n) is 4.15. The van der Waals surface area contributed by atoms with Crippen LogP contribution in [0, 0.1) is 11.8 Å². The van der Waals surface area contributed by atoms with Crippen LogP contribution in [0.3, 0.4) is 0 Å². The number of esters is 1. The predicted octanol–water partition coefficient (Wildman–Crippen LogP) is 2.74. The van der Waals surface area contributed by atoms with Crippen LogP contribution in [0.2, 0.25) is 0 Å². The SMILES string of the molecule is C=CCC1=C[C@@]2(OC)OC(=O)C(C1=O)C(c1ccc3c(c1)OCO3)C2C. The third kappa shape index (κ3) is 2.29. The van der Waals surface area contributed by atoms with E-state index in [0.717, 1.165) is 5.56 Å². The standard InChI is InChI=1S/C20H20O6/c1-4-5-13-9-20(23-3)11(2)16(17(18(13)21)19(22)26-20)12-6-7-14-15(8-12)25-10-24-14/h4,6-9,11,16-17H,1,5,10H2,2-3H3/t11?,16?,17?,20-/m1/s1. The Kier molecular flexibility index (Phi) is 3.88. The van der Waals surface area contributed by atoms with Crippen LogP contribution in [0.5, 0.6) is 11.5 Å². The van der Waals surface area contributed by atoms with Crippen molar-refractivity contribution in [2.75, 3.05) is 13.9 Å². The molecule has 1 saturated heterocycles. The Bertz CT molecular complexity index is 826. The molecule has 3 unspecified atom stereocenters. The monoisotopic (exact) mass is 356 g/mol. The normalized spacial score (nSPS) is 32.1. The number of fused-ring (bicyclic) bond motifs is 4. The lowest BCUT2D eigenvalue weighted by atomic mass is 9.72. The third-order valence-electron chi connectivity index (χ3n) is 5.49. The Morgan fingerprint density at radius 3 is 2.81 bits per heavy atom. The Morgan fingerprint density at radius 1 is 1.31 bits per heavy atom. The minimum Gasteiger partial charge on any atom is -0.454 e. The molecule has 1 aliphatic carbocycles. The average Bonchev–Trinajstić information content (AvgIpc) is 3.04. The Labute approximate surface area is 151 Å². The minimum atomic E-state index is -1.28. The summed E-state index contributed by atoms with van der Waals surface area (Å²) in [6.07, 6.45) is 3.65. The minimum absolute atomic E-state index is 0.163. The van der Waals surface area contributed by atoms with Crippen molar-refractivity contribution in [3.63, 3.8) is 0 Å². The van der Waals surface area contributed by atoms with Gasteiger partial charge in [-0.05, 0) is 30.2 Å². The molecule has 0 radical (unpaired) electrons. The first-order chi connectivity index (χ1) is 12.5. The van der Waals surface area contributed by atoms with Gasteiger partial charge in [0.2, 0.25) is 12.6 Å². The van der Waals surface area contributed by atoms with Crippen molar-refractivity contribution in [3.8, 4) is 11.5 Å². The van der Waals surface area contributed by atoms with E-state index in [1.54, 1.807) is 18.2 Å². The number of benzene rings is 1. The van der Waals surface area contributed by atoms with Gasteiger partial charge in [0.1, 0.15) is 5.92 Å². The molecule has 1 aromatic carbocycles. The van der Waals surface area contributed by atoms with Gasteiger partial charge >= 0.3 is 5.97 Å². The molecular formula is C20H20O6. The van der Waals surface area contributed by atoms with Gasteiger partial charge < -0.3 is 18.9 Å². The molecule has 2 bridgehead atoms. The van der Waals surface area contributed by atoms with E-state index in [0.29, 0.717) is 23.5 Å². The van der Waals surface area contributed by atoms with Gasteiger partial charge in [-0.2, -0.15) is 0 Å². The number of carbonyl (C=O) groups is 2. The second-order valence-corrected chi connectivity index (χ2v) is 6.78. The summed E-state index contributed by atoms with van der Waals surface area (Å²) in [5, 5.41) is 0. The third-order valence-corrected chi connectivity index (χ3v) is 5.49. The summed E-state index contributed by atoms with van der Waals surface area (Å²) in [6, 6.07) is 5.50. The van der Waals surface area contributed by atoms with Gasteiger partial charge in [0.25, 0.3) is 0 Å². The zero-order chi connectivity index (χ0) is 18.5. The number of ether oxygens (including phenoxy) is 4. The molecule has 26 heavy (non-hydrogen) atoms. The lowest BCUT2D eigenvalue weighted by Crippen LogP contribution is -2.52. The van der Waals surface area contributed by atoms with Crippen LogP contribution >= 0.6 is 0 Å². The summed E-state index contributed by atoms with van der Waals surface area (Å²) in [6.45, 7) is 5.80. The van der Waals surface area contributed by atoms with Gasteiger partial charge in [-0.3, -0.25) is 9.59 Å². The first-order valence-corrected chi connectivity index (χ1v) is 8.55. The maximum Gasteiger partial charge on any atom is 0.320 e. The van der Waals surface area contributed by atoms with Crippen LogP contribution in [-0.2, 0) is 19.1 Å². The second-order valence-electron chi connectivity index (χ2n) is 6.78. The summed E-state index contributed by atoms with van der Waals surface area (Å²) in [5.74, 6) is -2.38. The Morgan fingerprint density at radius 2 is 2.08 bits per heavy atom. The molecule has 4 atom stereocenters. The lowest BCUT2D eigenvalue weighted by molar-refractivity contribution is -0.239. The van der Waals surface area contributed by atoms with E-state index in [1.807, 2.05) is 19.1 Å². The first-order valence-electron chi connectivity index (χ1n) is 8.55. The van der Waals surface area contributed by atoms with Crippen LogP contribution in [0.25, 0.3) is 0 Å².